The van der Waals surface area contributed by atoms with Gasteiger partial charge < -0.3 is 4.90 Å². The molecular weight excluding hydrogens is 373 g/mol. The summed E-state index contributed by atoms with van der Waals surface area (Å²) in [5.74, 6) is 0.242. The third-order valence-corrected chi connectivity index (χ3v) is 6.45. The van der Waals surface area contributed by atoms with Gasteiger partial charge in [0, 0.05) is 37.8 Å². The zero-order chi connectivity index (χ0) is 18.9. The standard InChI is InChI=1S/C14H17F3N6O2S/c1-21(26(18,24)25)9-4-13(5-9)6-22(7-13)12-11-10(14(15,16)17)2-3-23(11)20-8-19-12/h2-3,8-9H,4-7H2,1H3,(H2,18,24,25). The highest BCUT2D eigenvalue weighted by Gasteiger charge is 2.55. The van der Waals surface area contributed by atoms with Crippen molar-refractivity contribution in [1.29, 1.82) is 0 Å². The van der Waals surface area contributed by atoms with E-state index in [2.05, 4.69) is 10.1 Å². The Labute approximate surface area is 147 Å². The Balaban J connectivity index is 1.53. The average Bonchev–Trinajstić information content (AvgIpc) is 2.87. The van der Waals surface area contributed by atoms with E-state index in [1.54, 1.807) is 4.90 Å². The van der Waals surface area contributed by atoms with E-state index in [-0.39, 0.29) is 22.8 Å². The van der Waals surface area contributed by atoms with Crippen molar-refractivity contribution in [3.05, 3.63) is 24.2 Å². The lowest BCUT2D eigenvalue weighted by Crippen LogP contribution is -2.67. The molecule has 4 rings (SSSR count). The molecule has 0 radical (unpaired) electrons. The summed E-state index contributed by atoms with van der Waals surface area (Å²) in [5.41, 5.74) is -0.932. The number of fused-ring (bicyclic) bond motifs is 1. The maximum absolute atomic E-state index is 13.2. The molecule has 2 aliphatic rings. The zero-order valence-corrected chi connectivity index (χ0v) is 14.6. The van der Waals surface area contributed by atoms with Crippen LogP contribution in [0.3, 0.4) is 0 Å². The first-order valence-corrected chi connectivity index (χ1v) is 9.41. The second-order valence-corrected chi connectivity index (χ2v) is 8.69. The molecule has 0 unspecified atom stereocenters. The number of nitrogens with two attached hydrogens (primary N) is 1. The summed E-state index contributed by atoms with van der Waals surface area (Å²) in [6.07, 6.45) is -0.739. The molecule has 0 bridgehead atoms. The Hall–Kier alpha value is -1.92. The van der Waals surface area contributed by atoms with Crippen LogP contribution in [0.1, 0.15) is 18.4 Å². The molecule has 1 aliphatic heterocycles. The molecular formula is C14H17F3N6O2S. The summed E-state index contributed by atoms with van der Waals surface area (Å²) in [6.45, 7) is 1.05. The van der Waals surface area contributed by atoms with Crippen LogP contribution >= 0.6 is 0 Å². The molecule has 0 aromatic carbocycles. The number of alkyl halides is 3. The van der Waals surface area contributed by atoms with Gasteiger partial charge in [0.1, 0.15) is 11.8 Å². The summed E-state index contributed by atoms with van der Waals surface area (Å²) in [7, 11) is -2.30. The quantitative estimate of drug-likeness (QED) is 0.838. The minimum atomic E-state index is -4.49. The molecule has 1 aliphatic carbocycles. The Bertz CT molecular complexity index is 959. The zero-order valence-electron chi connectivity index (χ0n) is 13.8. The number of aromatic nitrogens is 3. The van der Waals surface area contributed by atoms with E-state index in [1.165, 1.54) is 24.1 Å². The Kier molecular flexibility index (Phi) is 3.57. The maximum Gasteiger partial charge on any atom is 0.418 e. The Morgan fingerprint density at radius 2 is 2.00 bits per heavy atom. The van der Waals surface area contributed by atoms with Gasteiger partial charge in [-0.25, -0.2) is 14.6 Å². The van der Waals surface area contributed by atoms with E-state index >= 15 is 0 Å². The van der Waals surface area contributed by atoms with Crippen LogP contribution in [0.25, 0.3) is 5.52 Å². The van der Waals surface area contributed by atoms with E-state index < -0.39 is 21.9 Å². The highest BCUT2D eigenvalue weighted by molar-refractivity contribution is 7.86. The van der Waals surface area contributed by atoms with Gasteiger partial charge in [0.2, 0.25) is 0 Å². The van der Waals surface area contributed by atoms with Crippen molar-refractivity contribution in [2.45, 2.75) is 25.1 Å². The lowest BCUT2D eigenvalue weighted by atomic mass is 9.60. The highest BCUT2D eigenvalue weighted by atomic mass is 32.2. The molecule has 3 heterocycles. The maximum atomic E-state index is 13.2. The lowest BCUT2D eigenvalue weighted by molar-refractivity contribution is -0.136. The van der Waals surface area contributed by atoms with Crippen molar-refractivity contribution >= 4 is 21.5 Å². The molecule has 1 saturated heterocycles. The summed E-state index contributed by atoms with van der Waals surface area (Å²) in [6, 6.07) is 0.820. The van der Waals surface area contributed by atoms with E-state index in [1.807, 2.05) is 0 Å². The number of rotatable bonds is 3. The minimum absolute atomic E-state index is 0.0626. The molecule has 2 N–H and O–H groups in total. The van der Waals surface area contributed by atoms with Crippen molar-refractivity contribution in [2.24, 2.45) is 10.6 Å². The summed E-state index contributed by atoms with van der Waals surface area (Å²) in [4.78, 5) is 5.84. The van der Waals surface area contributed by atoms with Gasteiger partial charge in [-0.05, 0) is 18.9 Å². The molecule has 1 saturated carbocycles. The molecule has 1 spiro atoms. The average molecular weight is 390 g/mol. The van der Waals surface area contributed by atoms with Crippen molar-refractivity contribution in [3.8, 4) is 0 Å². The van der Waals surface area contributed by atoms with E-state index in [4.69, 9.17) is 5.14 Å². The van der Waals surface area contributed by atoms with Gasteiger partial charge in [-0.3, -0.25) is 0 Å². The third-order valence-electron chi connectivity index (χ3n) is 5.34. The predicted octanol–water partition coefficient (Wildman–Crippen LogP) is 0.852. The first-order chi connectivity index (χ1) is 12.0. The number of nitrogens with zero attached hydrogens (tertiary/aromatic N) is 5. The van der Waals surface area contributed by atoms with Crippen LogP contribution in [0.2, 0.25) is 0 Å². The van der Waals surface area contributed by atoms with Gasteiger partial charge in [-0.1, -0.05) is 0 Å². The fourth-order valence-electron chi connectivity index (χ4n) is 3.97. The fraction of sp³-hybridized carbons (Fsp3) is 0.571. The van der Waals surface area contributed by atoms with Crippen LogP contribution in [0.5, 0.6) is 0 Å². The number of anilines is 1. The number of halogens is 3. The van der Waals surface area contributed by atoms with E-state index in [9.17, 15) is 21.6 Å². The van der Waals surface area contributed by atoms with Crippen LogP contribution < -0.4 is 10.0 Å². The Morgan fingerprint density at radius 1 is 1.35 bits per heavy atom. The molecule has 2 aromatic heterocycles. The van der Waals surface area contributed by atoms with E-state index in [0.29, 0.717) is 25.9 Å². The van der Waals surface area contributed by atoms with Crippen LogP contribution in [0.4, 0.5) is 19.0 Å². The summed E-state index contributed by atoms with van der Waals surface area (Å²) < 4.78 is 64.8. The second kappa shape index (κ2) is 5.30. The third kappa shape index (κ3) is 2.63. The molecule has 8 nitrogen and oxygen atoms in total. The van der Waals surface area contributed by atoms with Crippen molar-refractivity contribution in [3.63, 3.8) is 0 Å². The predicted molar refractivity (Wildman–Crippen MR) is 86.5 cm³/mol. The number of hydrogen-bond acceptors (Lipinski definition) is 5. The molecule has 2 aromatic rings. The molecule has 142 valence electrons. The largest absolute Gasteiger partial charge is 0.418 e. The molecule has 0 atom stereocenters. The van der Waals surface area contributed by atoms with Crippen molar-refractivity contribution in [2.75, 3.05) is 25.0 Å². The van der Waals surface area contributed by atoms with Crippen LogP contribution in [-0.2, 0) is 16.4 Å². The Morgan fingerprint density at radius 3 is 2.58 bits per heavy atom. The van der Waals surface area contributed by atoms with E-state index in [0.717, 1.165) is 10.4 Å². The molecule has 12 heteroatoms. The SMILES string of the molecule is CN(C1CC2(C1)CN(c1ncnn3ccc(C(F)(F)F)c13)C2)S(N)(=O)=O. The lowest BCUT2D eigenvalue weighted by Gasteiger charge is -2.60. The van der Waals surface area contributed by atoms with Crippen molar-refractivity contribution in [1.82, 2.24) is 18.9 Å². The smallest absolute Gasteiger partial charge is 0.354 e. The normalized spacial score (nSPS) is 20.6. The van der Waals surface area contributed by atoms with Crippen LogP contribution in [0, 0.1) is 5.41 Å². The van der Waals surface area contributed by atoms with Gasteiger partial charge >= 0.3 is 6.18 Å². The summed E-state index contributed by atoms with van der Waals surface area (Å²) in [5, 5.41) is 8.97. The van der Waals surface area contributed by atoms with Gasteiger partial charge in [-0.15, -0.1) is 0 Å². The molecule has 2 fully saturated rings. The first-order valence-electron chi connectivity index (χ1n) is 7.90. The molecule has 0 amide bonds. The topological polar surface area (TPSA) is 96.8 Å². The first kappa shape index (κ1) is 17.5. The number of hydrogen-bond donors (Lipinski definition) is 1. The minimum Gasteiger partial charge on any atom is -0.354 e. The summed E-state index contributed by atoms with van der Waals surface area (Å²) >= 11 is 0. The second-order valence-electron chi connectivity index (χ2n) is 7.08. The van der Waals surface area contributed by atoms with Crippen molar-refractivity contribution < 1.29 is 21.6 Å². The molecule has 26 heavy (non-hydrogen) atoms. The van der Waals surface area contributed by atoms with Gasteiger partial charge in [-0.2, -0.15) is 31.0 Å². The van der Waals surface area contributed by atoms with Gasteiger partial charge in [0.05, 0.1) is 5.56 Å². The van der Waals surface area contributed by atoms with Gasteiger partial charge in [0.25, 0.3) is 10.2 Å². The van der Waals surface area contributed by atoms with Gasteiger partial charge in [0.15, 0.2) is 5.82 Å². The van der Waals surface area contributed by atoms with Crippen LogP contribution in [-0.4, -0.2) is 53.5 Å². The highest BCUT2D eigenvalue weighted by Crippen LogP contribution is 2.52. The monoisotopic (exact) mass is 390 g/mol. The fourth-order valence-corrected chi connectivity index (χ4v) is 4.54. The van der Waals surface area contributed by atoms with Crippen LogP contribution in [0.15, 0.2) is 18.6 Å².